The van der Waals surface area contributed by atoms with Crippen LogP contribution >= 0.6 is 23.2 Å². The second-order valence-corrected chi connectivity index (χ2v) is 8.83. The first kappa shape index (κ1) is 24.6. The quantitative estimate of drug-likeness (QED) is 0.237. The molecule has 0 spiro atoms. The minimum absolute atomic E-state index is 0.109. The van der Waals surface area contributed by atoms with Crippen molar-refractivity contribution >= 4 is 46.3 Å². The molecule has 1 aliphatic rings. The van der Waals surface area contributed by atoms with E-state index in [0.29, 0.717) is 23.6 Å². The van der Waals surface area contributed by atoms with Gasteiger partial charge in [0, 0.05) is 10.7 Å². The summed E-state index contributed by atoms with van der Waals surface area (Å²) in [6.07, 6.45) is 0. The molecule has 1 fully saturated rings. The van der Waals surface area contributed by atoms with E-state index in [1.54, 1.807) is 42.5 Å². The van der Waals surface area contributed by atoms with E-state index < -0.39 is 23.5 Å². The van der Waals surface area contributed by atoms with E-state index in [4.69, 9.17) is 32.7 Å². The lowest BCUT2D eigenvalue weighted by molar-refractivity contribution is -0.132. The number of aryl methyl sites for hydroxylation is 1. The highest BCUT2D eigenvalue weighted by atomic mass is 35.5. The first-order valence-electron chi connectivity index (χ1n) is 10.9. The van der Waals surface area contributed by atoms with Crippen molar-refractivity contribution in [2.75, 3.05) is 18.6 Å². The zero-order valence-electron chi connectivity index (χ0n) is 19.3. The maximum Gasteiger partial charge on any atom is 0.300 e. The average Bonchev–Trinajstić information content (AvgIpc) is 3.09. The van der Waals surface area contributed by atoms with Gasteiger partial charge in [0.15, 0.2) is 0 Å². The van der Waals surface area contributed by atoms with Crippen LogP contribution in [0.1, 0.15) is 29.7 Å². The predicted octanol–water partition coefficient (Wildman–Crippen LogP) is 6.34. The summed E-state index contributed by atoms with van der Waals surface area (Å²) in [7, 11) is 1.39. The van der Waals surface area contributed by atoms with Crippen molar-refractivity contribution in [3.8, 4) is 11.5 Å². The standard InChI is InChI=1S/C27H23Cl2NO5/c1-4-35-19-10-6-8-16(12-19)23-22(24(31)20-13-17(28)14-21(29)26(20)34-3)25(32)27(33)30(23)18-9-5-7-15(2)11-18/h5-14,23,31H,4H2,1-3H3/b24-22+. The number of aliphatic hydroxyl groups is 1. The van der Waals surface area contributed by atoms with E-state index in [0.717, 1.165) is 5.56 Å². The molecule has 1 saturated heterocycles. The van der Waals surface area contributed by atoms with Gasteiger partial charge in [0.25, 0.3) is 11.7 Å². The number of halogens is 2. The fraction of sp³-hybridized carbons (Fsp3) is 0.185. The molecule has 0 aliphatic carbocycles. The van der Waals surface area contributed by atoms with Crippen LogP contribution in [0.2, 0.25) is 10.0 Å². The van der Waals surface area contributed by atoms with Crippen molar-refractivity contribution in [1.82, 2.24) is 0 Å². The molecule has 3 aromatic rings. The molecule has 6 nitrogen and oxygen atoms in total. The topological polar surface area (TPSA) is 76.1 Å². The molecular formula is C27H23Cl2NO5. The van der Waals surface area contributed by atoms with Gasteiger partial charge in [0.2, 0.25) is 0 Å². The highest BCUT2D eigenvalue weighted by molar-refractivity contribution is 6.52. The number of amides is 1. The van der Waals surface area contributed by atoms with Gasteiger partial charge < -0.3 is 14.6 Å². The second-order valence-electron chi connectivity index (χ2n) is 7.98. The van der Waals surface area contributed by atoms with E-state index in [2.05, 4.69) is 0 Å². The smallest absolute Gasteiger partial charge is 0.300 e. The molecule has 1 heterocycles. The number of Topliss-reactive ketones (excluding diaryl/α,β-unsaturated/α-hetero) is 1. The minimum Gasteiger partial charge on any atom is -0.507 e. The molecule has 180 valence electrons. The third-order valence-electron chi connectivity index (χ3n) is 5.68. The Morgan fingerprint density at radius 1 is 1.06 bits per heavy atom. The Morgan fingerprint density at radius 3 is 2.49 bits per heavy atom. The van der Waals surface area contributed by atoms with E-state index in [1.165, 1.54) is 24.1 Å². The number of hydrogen-bond donors (Lipinski definition) is 1. The molecule has 1 N–H and O–H groups in total. The lowest BCUT2D eigenvalue weighted by atomic mass is 9.94. The Kier molecular flexibility index (Phi) is 7.05. The maximum absolute atomic E-state index is 13.4. The van der Waals surface area contributed by atoms with Crippen LogP contribution in [-0.4, -0.2) is 30.5 Å². The third-order valence-corrected chi connectivity index (χ3v) is 6.18. The first-order valence-corrected chi connectivity index (χ1v) is 11.7. The number of ketones is 1. The van der Waals surface area contributed by atoms with Gasteiger partial charge in [0.1, 0.15) is 17.3 Å². The van der Waals surface area contributed by atoms with Gasteiger partial charge in [-0.2, -0.15) is 0 Å². The zero-order chi connectivity index (χ0) is 25.3. The number of anilines is 1. The summed E-state index contributed by atoms with van der Waals surface area (Å²) in [5.41, 5.74) is 2.02. The molecule has 0 radical (unpaired) electrons. The number of benzene rings is 3. The second kappa shape index (κ2) is 10.0. The van der Waals surface area contributed by atoms with E-state index in [-0.39, 0.29) is 26.9 Å². The Hall–Kier alpha value is -3.48. The van der Waals surface area contributed by atoms with Gasteiger partial charge >= 0.3 is 0 Å². The molecule has 0 bridgehead atoms. The number of hydrogen-bond acceptors (Lipinski definition) is 5. The molecule has 1 aliphatic heterocycles. The Labute approximate surface area is 213 Å². The summed E-state index contributed by atoms with van der Waals surface area (Å²) in [6.45, 7) is 4.20. The van der Waals surface area contributed by atoms with E-state index in [1.807, 2.05) is 19.9 Å². The van der Waals surface area contributed by atoms with Gasteiger partial charge in [-0.15, -0.1) is 0 Å². The van der Waals surface area contributed by atoms with Crippen molar-refractivity contribution in [1.29, 1.82) is 0 Å². The number of ether oxygens (including phenoxy) is 2. The van der Waals surface area contributed by atoms with Crippen molar-refractivity contribution in [3.63, 3.8) is 0 Å². The minimum atomic E-state index is -0.931. The molecule has 1 unspecified atom stereocenters. The Bertz CT molecular complexity index is 1350. The van der Waals surface area contributed by atoms with Gasteiger partial charge in [-0.05, 0) is 61.4 Å². The number of aliphatic hydroxyl groups excluding tert-OH is 1. The summed E-state index contributed by atoms with van der Waals surface area (Å²) < 4.78 is 11.0. The summed E-state index contributed by atoms with van der Waals surface area (Å²) in [6, 6.07) is 16.3. The molecule has 0 saturated carbocycles. The third kappa shape index (κ3) is 4.59. The van der Waals surface area contributed by atoms with Crippen molar-refractivity contribution in [2.24, 2.45) is 0 Å². The SMILES string of the molecule is CCOc1cccc(C2/C(=C(\O)c3cc(Cl)cc(Cl)c3OC)C(=O)C(=O)N2c2cccc(C)c2)c1. The Morgan fingerprint density at radius 2 is 1.80 bits per heavy atom. The highest BCUT2D eigenvalue weighted by Gasteiger charge is 2.47. The number of rotatable bonds is 6. The first-order chi connectivity index (χ1) is 16.8. The maximum atomic E-state index is 13.4. The number of nitrogens with zero attached hydrogens (tertiary/aromatic N) is 1. The number of methoxy groups -OCH3 is 1. The van der Waals surface area contributed by atoms with Crippen molar-refractivity contribution in [3.05, 3.63) is 93.0 Å². The van der Waals surface area contributed by atoms with Gasteiger partial charge in [-0.25, -0.2) is 0 Å². The predicted molar refractivity (Wildman–Crippen MR) is 137 cm³/mol. The van der Waals surface area contributed by atoms with Crippen LogP contribution in [0, 0.1) is 6.92 Å². The van der Waals surface area contributed by atoms with Crippen LogP contribution in [0.3, 0.4) is 0 Å². The summed E-state index contributed by atoms with van der Waals surface area (Å²) in [5, 5.41) is 11.8. The van der Waals surface area contributed by atoms with Crippen LogP contribution in [0.25, 0.3) is 5.76 Å². The molecule has 8 heteroatoms. The highest BCUT2D eigenvalue weighted by Crippen LogP contribution is 2.45. The van der Waals surface area contributed by atoms with Crippen LogP contribution < -0.4 is 14.4 Å². The fourth-order valence-corrected chi connectivity index (χ4v) is 4.79. The average molecular weight is 512 g/mol. The van der Waals surface area contributed by atoms with Crippen LogP contribution in [0.4, 0.5) is 5.69 Å². The molecule has 1 atom stereocenters. The molecule has 3 aromatic carbocycles. The lowest BCUT2D eigenvalue weighted by Crippen LogP contribution is -2.29. The van der Waals surface area contributed by atoms with Crippen molar-refractivity contribution in [2.45, 2.75) is 19.9 Å². The van der Waals surface area contributed by atoms with E-state index in [9.17, 15) is 14.7 Å². The monoisotopic (exact) mass is 511 g/mol. The van der Waals surface area contributed by atoms with Crippen LogP contribution in [-0.2, 0) is 9.59 Å². The largest absolute Gasteiger partial charge is 0.507 e. The summed E-state index contributed by atoms with van der Waals surface area (Å²) >= 11 is 12.5. The molecule has 35 heavy (non-hydrogen) atoms. The molecule has 0 aromatic heterocycles. The normalized spacial score (nSPS) is 17.1. The summed E-state index contributed by atoms with van der Waals surface area (Å²) in [5.74, 6) is -1.34. The van der Waals surface area contributed by atoms with E-state index >= 15 is 0 Å². The molecule has 1 amide bonds. The lowest BCUT2D eigenvalue weighted by Gasteiger charge is -2.26. The van der Waals surface area contributed by atoms with Crippen LogP contribution in [0.5, 0.6) is 11.5 Å². The fourth-order valence-electron chi connectivity index (χ4n) is 4.22. The van der Waals surface area contributed by atoms with Gasteiger partial charge in [-0.1, -0.05) is 47.5 Å². The van der Waals surface area contributed by atoms with Gasteiger partial charge in [-0.3, -0.25) is 14.5 Å². The van der Waals surface area contributed by atoms with Crippen molar-refractivity contribution < 1.29 is 24.2 Å². The number of carbonyl (C=O) groups is 2. The Balaban J connectivity index is 2.01. The summed E-state index contributed by atoms with van der Waals surface area (Å²) in [4.78, 5) is 28.1. The van der Waals surface area contributed by atoms with Crippen LogP contribution in [0.15, 0.2) is 66.2 Å². The van der Waals surface area contributed by atoms with Gasteiger partial charge in [0.05, 0.1) is 35.9 Å². The zero-order valence-corrected chi connectivity index (χ0v) is 20.9. The number of carbonyl (C=O) groups excluding carboxylic acids is 2. The molecule has 4 rings (SSSR count). The molecular weight excluding hydrogens is 489 g/mol.